The summed E-state index contributed by atoms with van der Waals surface area (Å²) in [5, 5.41) is 33.8. The molecule has 5 aliphatic heterocycles. The third-order valence-electron chi connectivity index (χ3n) is 13.8. The van der Waals surface area contributed by atoms with E-state index in [2.05, 4.69) is 57.5 Å². The zero-order valence-electron chi connectivity index (χ0n) is 26.3. The van der Waals surface area contributed by atoms with E-state index in [-0.39, 0.29) is 0 Å². The van der Waals surface area contributed by atoms with E-state index in [1.165, 1.54) is 103 Å². The molecule has 0 aromatic rings. The summed E-state index contributed by atoms with van der Waals surface area (Å²) in [6.07, 6.45) is 25.6. The Bertz CT molecular complexity index is 745. The second kappa shape index (κ2) is 13.6. The Morgan fingerprint density at radius 2 is 0.442 bits per heavy atom. The van der Waals surface area contributed by atoms with E-state index in [0.29, 0.717) is 68.3 Å². The van der Waals surface area contributed by atoms with Crippen molar-refractivity contribution in [1.29, 1.82) is 0 Å². The Labute approximate surface area is 274 Å². The van der Waals surface area contributed by atoms with Crippen LogP contribution in [0.2, 0.25) is 0 Å². The fourth-order valence-electron chi connectivity index (χ4n) is 12.0. The molecular formula is C32H58ClGaN8O. The van der Waals surface area contributed by atoms with Gasteiger partial charge in [-0.2, -0.15) is 0 Å². The van der Waals surface area contributed by atoms with Gasteiger partial charge in [0.15, 0.2) is 0 Å². The number of hydrogen-bond acceptors (Lipinski definition) is 9. The van der Waals surface area contributed by atoms with E-state index >= 15 is 0 Å². The van der Waals surface area contributed by atoms with E-state index in [4.69, 9.17) is 0 Å². The number of hydrogen-bond donors (Lipinski definition) is 8. The number of nitrogens with one attached hydrogen (secondary N) is 8. The molecule has 9 rings (SSSR count). The summed E-state index contributed by atoms with van der Waals surface area (Å²) in [6, 6.07) is 0. The average molecular weight is 676 g/mol. The molecule has 0 aromatic heterocycles. The molecule has 9 fully saturated rings. The van der Waals surface area contributed by atoms with Crippen LogP contribution in [0.4, 0.5) is 0 Å². The summed E-state index contributed by atoms with van der Waals surface area (Å²) in [5.41, 5.74) is 0. The molecule has 8 atom stereocenters. The van der Waals surface area contributed by atoms with Crippen LogP contribution in [0.5, 0.6) is 0 Å². The second-order valence-electron chi connectivity index (χ2n) is 15.8. The summed E-state index contributed by atoms with van der Waals surface area (Å²) < 4.78 is 3.91. The Balaban J connectivity index is 0.000000892. The van der Waals surface area contributed by atoms with Crippen LogP contribution in [-0.2, 0) is 3.08 Å². The first kappa shape index (κ1) is 30.9. The summed E-state index contributed by atoms with van der Waals surface area (Å²) in [5.74, 6) is 5.97. The first-order chi connectivity index (χ1) is 21.2. The van der Waals surface area contributed by atoms with Crippen molar-refractivity contribution in [3.63, 3.8) is 0 Å². The Hall–Kier alpha value is 0.566. The van der Waals surface area contributed by atoms with Gasteiger partial charge in [0.2, 0.25) is 0 Å². The van der Waals surface area contributed by atoms with Crippen LogP contribution in [0.25, 0.3) is 0 Å². The molecule has 0 amide bonds. The molecule has 0 radical (unpaired) electrons. The van der Waals surface area contributed by atoms with Gasteiger partial charge in [0, 0.05) is 0 Å². The minimum absolute atomic E-state index is 0.370. The van der Waals surface area contributed by atoms with Crippen molar-refractivity contribution in [2.45, 2.75) is 152 Å². The fraction of sp³-hybridized carbons (Fsp3) is 1.00. The normalized spacial score (nSPS) is 54.0. The molecule has 242 valence electrons. The number of fused-ring (bicyclic) bond motifs is 20. The van der Waals surface area contributed by atoms with E-state index in [0.717, 1.165) is 47.3 Å². The van der Waals surface area contributed by atoms with Crippen LogP contribution >= 0.6 is 11.9 Å². The molecule has 5 saturated heterocycles. The minimum atomic E-state index is 0.370. The van der Waals surface area contributed by atoms with Gasteiger partial charge in [-0.15, -0.1) is 0 Å². The number of halogens is 1. The molecule has 0 aromatic carbocycles. The van der Waals surface area contributed by atoms with Crippen molar-refractivity contribution in [2.75, 3.05) is 0 Å². The van der Waals surface area contributed by atoms with E-state index < -0.39 is 0 Å². The Morgan fingerprint density at radius 1 is 0.326 bits per heavy atom. The fourth-order valence-corrected chi connectivity index (χ4v) is 12.0. The van der Waals surface area contributed by atoms with Gasteiger partial charge in [0.25, 0.3) is 0 Å². The summed E-state index contributed by atoms with van der Waals surface area (Å²) in [6.45, 7) is 0. The van der Waals surface area contributed by atoms with Crippen LogP contribution in [-0.4, -0.2) is 68.3 Å². The molecule has 5 heterocycles. The third-order valence-corrected chi connectivity index (χ3v) is 13.8. The zero-order valence-corrected chi connectivity index (χ0v) is 31.3. The van der Waals surface area contributed by atoms with Gasteiger partial charge >= 0.3 is 33.9 Å². The SMILES string of the molecule is C1CCC2C3NC(NC4NC(NC5NC(NC6NC(N3)C3CCCCC63)C3CCCCC53)C3CCCCC43)C2C1.Cl[O][GaH2]. The van der Waals surface area contributed by atoms with Crippen LogP contribution in [0.3, 0.4) is 0 Å². The van der Waals surface area contributed by atoms with Gasteiger partial charge < -0.3 is 0 Å². The quantitative estimate of drug-likeness (QED) is 0.184. The number of rotatable bonds is 0. The van der Waals surface area contributed by atoms with Crippen molar-refractivity contribution >= 4 is 30.8 Å². The van der Waals surface area contributed by atoms with E-state index in [1.807, 2.05) is 0 Å². The van der Waals surface area contributed by atoms with Crippen molar-refractivity contribution < 1.29 is 3.08 Å². The maximum absolute atomic E-state index is 4.58. The molecule has 9 aliphatic rings. The molecule has 8 N–H and O–H groups in total. The molecule has 43 heavy (non-hydrogen) atoms. The second-order valence-corrected chi connectivity index (χ2v) is 18.0. The molecule has 8 unspecified atom stereocenters. The van der Waals surface area contributed by atoms with Crippen molar-refractivity contribution in [3.8, 4) is 0 Å². The predicted octanol–water partition coefficient (Wildman–Crippen LogP) is 2.31. The van der Waals surface area contributed by atoms with Crippen LogP contribution in [0, 0.1) is 47.3 Å². The third kappa shape index (κ3) is 5.94. The maximum atomic E-state index is 4.58. The molecule has 8 bridgehead atoms. The molecule has 0 spiro atoms. The zero-order chi connectivity index (χ0) is 28.9. The monoisotopic (exact) mass is 674 g/mol. The van der Waals surface area contributed by atoms with Crippen LogP contribution in [0.1, 0.15) is 103 Å². The van der Waals surface area contributed by atoms with E-state index in [9.17, 15) is 0 Å². The molecule has 11 heteroatoms. The predicted molar refractivity (Wildman–Crippen MR) is 173 cm³/mol. The first-order valence-electron chi connectivity index (χ1n) is 18.4. The van der Waals surface area contributed by atoms with E-state index in [1.54, 1.807) is 0 Å². The van der Waals surface area contributed by atoms with Crippen molar-refractivity contribution in [2.24, 2.45) is 47.3 Å². The molecular weight excluding hydrogens is 618 g/mol. The van der Waals surface area contributed by atoms with Gasteiger partial charge in [-0.3, -0.25) is 42.5 Å². The first-order valence-corrected chi connectivity index (χ1v) is 20.5. The standard InChI is InChI=1S/C32H56N8.ClO.Ga.2H/c1-2-10-18-17(9-1)25-33-26(18)38-28-21-13-5-6-14-22(21)30(35-28)40-32-24-16-8-7-15-23(24)31(36-32)39-29-20-12-4-3-11-19(20)27(34-29)37-25;1-2;;;/h17-40H,1-16H2;;;;/q;-1;+1;;. The molecule has 4 aliphatic carbocycles. The van der Waals surface area contributed by atoms with Gasteiger partial charge in [0.1, 0.15) is 0 Å². The van der Waals surface area contributed by atoms with Gasteiger partial charge in [-0.05, 0) is 98.7 Å². The topological polar surface area (TPSA) is 105 Å². The average Bonchev–Trinajstić information content (AvgIpc) is 3.77. The van der Waals surface area contributed by atoms with Gasteiger partial charge in [0.05, 0.1) is 49.3 Å². The van der Waals surface area contributed by atoms with Gasteiger partial charge in [-0.1, -0.05) is 51.4 Å². The van der Waals surface area contributed by atoms with Crippen LogP contribution in [0.15, 0.2) is 0 Å². The van der Waals surface area contributed by atoms with Crippen molar-refractivity contribution in [1.82, 2.24) is 42.5 Å². The van der Waals surface area contributed by atoms with Crippen molar-refractivity contribution in [3.05, 3.63) is 0 Å². The van der Waals surface area contributed by atoms with Gasteiger partial charge in [-0.25, -0.2) is 0 Å². The summed E-state index contributed by atoms with van der Waals surface area (Å²) in [7, 11) is 0. The molecule has 9 nitrogen and oxygen atoms in total. The Kier molecular flexibility index (Phi) is 9.76. The van der Waals surface area contributed by atoms with Crippen LogP contribution < -0.4 is 42.5 Å². The summed E-state index contributed by atoms with van der Waals surface area (Å²) in [4.78, 5) is 0. The summed E-state index contributed by atoms with van der Waals surface area (Å²) >= 11 is 4.95. The Morgan fingerprint density at radius 3 is 0.558 bits per heavy atom. The molecule has 4 saturated carbocycles.